The quantitative estimate of drug-likeness (QED) is 0.0326. The molecule has 646 valence electrons. The monoisotopic (exact) mass is 1660 g/mol. The largest absolute Gasteiger partial charge is 0.378 e. The van der Waals surface area contributed by atoms with Crippen molar-refractivity contribution >= 4 is 81.9 Å². The van der Waals surface area contributed by atoms with Crippen LogP contribution in [-0.4, -0.2) is 255 Å². The van der Waals surface area contributed by atoms with E-state index in [1.165, 1.54) is 19.3 Å². The molecule has 0 unspecified atom stereocenters. The number of aryl methyl sites for hydroxylation is 5. The maximum Gasteiger partial charge on any atom is 0.255 e. The first-order valence-corrected chi connectivity index (χ1v) is 41.9. The molecule has 0 radical (unpaired) electrons. The molecule has 4 aromatic carbocycles. The Morgan fingerprint density at radius 2 is 0.760 bits per heavy atom. The van der Waals surface area contributed by atoms with Gasteiger partial charge in [0, 0.05) is 185 Å². The number of piperidine rings is 1. The van der Waals surface area contributed by atoms with Gasteiger partial charge in [-0.3, -0.25) is 77.7 Å². The zero-order valence-corrected chi connectivity index (χ0v) is 70.4. The number of nitrogens with zero attached hydrogens (tertiary/aromatic N) is 12. The van der Waals surface area contributed by atoms with Crippen LogP contribution in [0.2, 0.25) is 0 Å². The number of ether oxygens (including phenoxy) is 4. The Kier molecular flexibility index (Phi) is 34.0. The second kappa shape index (κ2) is 45.7. The summed E-state index contributed by atoms with van der Waals surface area (Å²) in [6.07, 6.45) is 6.33. The lowest BCUT2D eigenvalue weighted by Crippen LogP contribution is -2.50. The zero-order chi connectivity index (χ0) is 85.6. The van der Waals surface area contributed by atoms with Crippen LogP contribution < -0.4 is 62.7 Å². The van der Waals surface area contributed by atoms with Gasteiger partial charge in [-0.05, 0) is 146 Å². The van der Waals surface area contributed by atoms with Crippen LogP contribution in [-0.2, 0) is 79.8 Å². The molecule has 10 heterocycles. The third kappa shape index (κ3) is 27.7. The van der Waals surface area contributed by atoms with Crippen molar-refractivity contribution < 1.29 is 47.7 Å². The second-order valence-corrected chi connectivity index (χ2v) is 30.8. The summed E-state index contributed by atoms with van der Waals surface area (Å²) in [6, 6.07) is 33.8. The van der Waals surface area contributed by atoms with Gasteiger partial charge >= 0.3 is 0 Å². The molecule has 7 N–H and O–H groups in total. The molecule has 6 fully saturated rings. The normalized spacial score (nSPS) is 15.8. The molecule has 0 saturated carbocycles. The number of Topliss-reactive ketones (excluding diaryl/α,β-unsaturated/α-hetero) is 1. The summed E-state index contributed by atoms with van der Waals surface area (Å²) in [6.45, 7) is 25.1. The lowest BCUT2D eigenvalue weighted by atomic mass is 10.1. The van der Waals surface area contributed by atoms with Crippen molar-refractivity contribution in [3.63, 3.8) is 0 Å². The molecule has 5 amide bonds. The number of aromatic amines is 4. The minimum Gasteiger partial charge on any atom is -0.378 e. The van der Waals surface area contributed by atoms with Gasteiger partial charge in [0.25, 0.3) is 22.2 Å². The number of ketones is 1. The number of H-pyrrole nitrogens is 4. The van der Waals surface area contributed by atoms with Crippen LogP contribution in [0.4, 0.5) is 46.5 Å². The van der Waals surface area contributed by atoms with E-state index in [1.54, 1.807) is 18.9 Å². The summed E-state index contributed by atoms with van der Waals surface area (Å²) in [7, 11) is 1.74. The minimum absolute atomic E-state index is 0.0184. The van der Waals surface area contributed by atoms with Gasteiger partial charge in [-0.25, -0.2) is 19.9 Å². The molecule has 121 heavy (non-hydrogen) atoms. The molecular weight excluding hydrogens is 1550 g/mol. The van der Waals surface area contributed by atoms with Crippen molar-refractivity contribution in [2.45, 2.75) is 112 Å². The fourth-order valence-electron chi connectivity index (χ4n) is 14.9. The topological polar surface area (TPSA) is 384 Å². The third-order valence-corrected chi connectivity index (χ3v) is 21.9. The standard InChI is InChI=1S/C26H35N5O4.C25H34N6O4.C19H24N4O3.C18H22N4O3/c1-19-23(25(34)29-26(27-19)31-13-15-35-16-14-31)9-10-24(33)28-21-7-5-20(6-8-21)17-22(32)18-30-11-3-2-4-12-30;1-18-4-3-5-20(16-18)27-22(32)17-29-8-10-30(11-9-29)23(33)7-6-21-19(2)26-25(28-24(21)34)31-12-14-35-15-13-31;1-14-16(8-9-17(24)22(2)15-6-4-3-5-7-15)18(25)21-19(20-14)23-10-12-26-13-11-23;1-13-15(7-8-16(23)20-14-5-3-2-4-6-14)17(24)21-18(19-13)22-9-11-25-12-10-22/h5-8H,2-4,9-18H2,1H3,(H,28,33)(H,27,29,34);3-5,16H,6-15,17H2,1-2H3,(H,27,32)(H,26,28,34);3-7H,8-13H2,1-2H3,(H,20,21,25);2-6H,7-12H2,1H3,(H,20,23)(H,19,21,24). The molecular formula is C88H115N19O14. The van der Waals surface area contributed by atoms with Crippen molar-refractivity contribution in [2.75, 3.05) is 205 Å². The number of hydrogen-bond acceptors (Lipinski definition) is 24. The Labute approximate surface area is 704 Å². The lowest BCUT2D eigenvalue weighted by molar-refractivity contribution is -0.133. The van der Waals surface area contributed by atoms with Gasteiger partial charge in [0.05, 0.1) is 65.9 Å². The van der Waals surface area contributed by atoms with Crippen LogP contribution >= 0.6 is 0 Å². The number of morpholine rings is 4. The summed E-state index contributed by atoms with van der Waals surface area (Å²) >= 11 is 0. The number of carbonyl (C=O) groups excluding carboxylic acids is 6. The number of carbonyl (C=O) groups is 6. The Balaban J connectivity index is 0.000000159. The summed E-state index contributed by atoms with van der Waals surface area (Å²) in [5.41, 5.74) is 9.20. The fraction of sp³-hybridized carbons (Fsp3) is 0.477. The molecule has 4 aromatic heterocycles. The van der Waals surface area contributed by atoms with E-state index in [1.807, 2.05) is 161 Å². The summed E-state index contributed by atoms with van der Waals surface area (Å²) in [5, 5.41) is 8.62. The number of para-hydroxylation sites is 2. The van der Waals surface area contributed by atoms with Gasteiger partial charge in [0.2, 0.25) is 53.3 Å². The number of hydrogen-bond donors (Lipinski definition) is 7. The van der Waals surface area contributed by atoms with Gasteiger partial charge in [0.1, 0.15) is 0 Å². The van der Waals surface area contributed by atoms with E-state index < -0.39 is 0 Å². The maximum absolute atomic E-state index is 12.8. The summed E-state index contributed by atoms with van der Waals surface area (Å²) < 4.78 is 21.3. The van der Waals surface area contributed by atoms with Gasteiger partial charge in [-0.1, -0.05) is 67.1 Å². The van der Waals surface area contributed by atoms with Crippen LogP contribution in [0.3, 0.4) is 0 Å². The maximum atomic E-state index is 12.8. The van der Waals surface area contributed by atoms with Crippen LogP contribution in [0.5, 0.6) is 0 Å². The number of amides is 5. The van der Waals surface area contributed by atoms with E-state index in [-0.39, 0.29) is 83.2 Å². The number of anilines is 8. The van der Waals surface area contributed by atoms with Gasteiger partial charge in [-0.2, -0.15) is 0 Å². The predicted molar refractivity (Wildman–Crippen MR) is 466 cm³/mol. The van der Waals surface area contributed by atoms with E-state index in [0.29, 0.717) is 251 Å². The van der Waals surface area contributed by atoms with E-state index in [4.69, 9.17) is 18.9 Å². The lowest BCUT2D eigenvalue weighted by Gasteiger charge is -2.34. The second-order valence-electron chi connectivity index (χ2n) is 30.8. The number of rotatable bonds is 26. The fourth-order valence-corrected chi connectivity index (χ4v) is 14.9. The highest BCUT2D eigenvalue weighted by Gasteiger charge is 2.27. The highest BCUT2D eigenvalue weighted by molar-refractivity contribution is 5.94. The summed E-state index contributed by atoms with van der Waals surface area (Å²) in [5.74, 6) is 2.12. The highest BCUT2D eigenvalue weighted by Crippen LogP contribution is 2.21. The minimum atomic E-state index is -0.203. The molecule has 8 aromatic rings. The number of likely N-dealkylation sites (tertiary alicyclic amines) is 1. The van der Waals surface area contributed by atoms with Crippen molar-refractivity contribution in [1.82, 2.24) is 54.6 Å². The zero-order valence-electron chi connectivity index (χ0n) is 70.4. The molecule has 0 bridgehead atoms. The Hall–Kier alpha value is -11.6. The molecule has 6 saturated heterocycles. The Morgan fingerprint density at radius 3 is 1.17 bits per heavy atom. The van der Waals surface area contributed by atoms with Crippen LogP contribution in [0.15, 0.2) is 128 Å². The predicted octanol–water partition coefficient (Wildman–Crippen LogP) is 6.02. The molecule has 14 rings (SSSR count). The van der Waals surface area contributed by atoms with Crippen molar-refractivity contribution in [3.05, 3.63) is 207 Å². The first kappa shape index (κ1) is 90.2. The number of piperazine rings is 1. The number of nitrogens with one attached hydrogen (secondary N) is 7. The SMILES string of the molecule is Cc1cccc(NC(=O)CN2CCN(C(=O)CCc3c(C)nc(N4CCOCC4)[nH]c3=O)CC2)c1.Cc1nc(N2CCOCC2)[nH]c(=O)c1CCC(=O)N(C)c1ccccc1.Cc1nc(N2CCOCC2)[nH]c(=O)c1CCC(=O)Nc1ccc(CC(=O)CN2CCCCC2)cc1.Cc1nc(N2CCOCC2)[nH]c(=O)c1CCC(=O)Nc1ccccc1. The van der Waals surface area contributed by atoms with Gasteiger partial charge in [0.15, 0.2) is 5.78 Å². The van der Waals surface area contributed by atoms with E-state index in [0.717, 1.165) is 41.3 Å². The molecule has 33 nitrogen and oxygen atoms in total. The van der Waals surface area contributed by atoms with Crippen molar-refractivity contribution in [1.29, 1.82) is 0 Å². The van der Waals surface area contributed by atoms with Gasteiger partial charge < -0.3 is 64.3 Å². The van der Waals surface area contributed by atoms with Crippen molar-refractivity contribution in [2.24, 2.45) is 0 Å². The number of aromatic nitrogens is 8. The average molecular weight is 1660 g/mol. The molecule has 6 aliphatic rings. The van der Waals surface area contributed by atoms with Gasteiger partial charge in [-0.15, -0.1) is 0 Å². The Bertz CT molecular complexity index is 5010. The van der Waals surface area contributed by atoms with Crippen molar-refractivity contribution in [3.8, 4) is 0 Å². The highest BCUT2D eigenvalue weighted by atomic mass is 16.5. The van der Waals surface area contributed by atoms with Crippen LogP contribution in [0.1, 0.15) is 101 Å². The molecule has 6 aliphatic heterocycles. The molecule has 0 aliphatic carbocycles. The Morgan fingerprint density at radius 1 is 0.388 bits per heavy atom. The van der Waals surface area contributed by atoms with Crippen LogP contribution in [0.25, 0.3) is 0 Å². The van der Waals surface area contributed by atoms with E-state index >= 15 is 0 Å². The van der Waals surface area contributed by atoms with E-state index in [9.17, 15) is 47.9 Å². The molecule has 33 heteroatoms. The molecule has 0 spiro atoms. The number of benzene rings is 4. The third-order valence-electron chi connectivity index (χ3n) is 21.9. The molecule has 0 atom stereocenters. The average Bonchev–Trinajstić information content (AvgIpc) is 0.826. The van der Waals surface area contributed by atoms with E-state index in [2.05, 4.69) is 65.6 Å². The smallest absolute Gasteiger partial charge is 0.255 e. The first-order valence-electron chi connectivity index (χ1n) is 41.9. The first-order chi connectivity index (χ1) is 58.5. The summed E-state index contributed by atoms with van der Waals surface area (Å²) in [4.78, 5) is 170. The van der Waals surface area contributed by atoms with Crippen LogP contribution in [0, 0.1) is 34.6 Å².